The van der Waals surface area contributed by atoms with Crippen LogP contribution in [0.1, 0.15) is 65.0 Å². The molecule has 1 saturated carbocycles. The molecule has 0 N–H and O–H groups in total. The van der Waals surface area contributed by atoms with Crippen molar-refractivity contribution in [3.63, 3.8) is 0 Å². The van der Waals surface area contributed by atoms with E-state index in [4.69, 9.17) is 0 Å². The van der Waals surface area contributed by atoms with Gasteiger partial charge in [-0.05, 0) is 42.6 Å². The molecule has 0 aromatic carbocycles. The van der Waals surface area contributed by atoms with Gasteiger partial charge in [0.2, 0.25) is 0 Å². The van der Waals surface area contributed by atoms with Gasteiger partial charge in [-0.3, -0.25) is 4.68 Å². The smallest absolute Gasteiger partial charge is 0.0527 e. The van der Waals surface area contributed by atoms with Gasteiger partial charge in [-0.25, -0.2) is 0 Å². The zero-order valence-electron chi connectivity index (χ0n) is 11.0. The molecule has 1 aliphatic carbocycles. The zero-order chi connectivity index (χ0) is 11.8. The molecule has 0 amide bonds. The van der Waals surface area contributed by atoms with Crippen molar-refractivity contribution in [2.45, 2.75) is 64.8 Å². The predicted molar refractivity (Wildman–Crippen MR) is 67.6 cm³/mol. The molecule has 0 aliphatic heterocycles. The molecule has 2 nitrogen and oxygen atoms in total. The van der Waals surface area contributed by atoms with Gasteiger partial charge in [0.15, 0.2) is 0 Å². The van der Waals surface area contributed by atoms with Crippen LogP contribution in [0, 0.1) is 5.92 Å². The predicted octanol–water partition coefficient (Wildman–Crippen LogP) is 3.93. The van der Waals surface area contributed by atoms with Crippen LogP contribution in [-0.2, 0) is 5.41 Å². The highest BCUT2D eigenvalue weighted by Crippen LogP contribution is 2.32. The lowest BCUT2D eigenvalue weighted by Crippen LogP contribution is -2.17. The van der Waals surface area contributed by atoms with Crippen molar-refractivity contribution in [1.29, 1.82) is 0 Å². The van der Waals surface area contributed by atoms with Crippen LogP contribution in [0.2, 0.25) is 0 Å². The Morgan fingerprint density at radius 3 is 2.31 bits per heavy atom. The second-order valence-electron chi connectivity index (χ2n) is 6.37. The number of nitrogens with zero attached hydrogens (tertiary/aromatic N) is 2. The molecule has 0 radical (unpaired) electrons. The van der Waals surface area contributed by atoms with Crippen molar-refractivity contribution in [3.05, 3.63) is 18.0 Å². The Morgan fingerprint density at radius 2 is 1.81 bits per heavy atom. The Kier molecular flexibility index (Phi) is 3.09. The number of rotatable bonds is 1. The highest BCUT2D eigenvalue weighted by Gasteiger charge is 2.22. The Balaban J connectivity index is 2.08. The van der Waals surface area contributed by atoms with Crippen LogP contribution in [-0.4, -0.2) is 9.78 Å². The van der Waals surface area contributed by atoms with E-state index in [0.29, 0.717) is 6.04 Å². The van der Waals surface area contributed by atoms with Gasteiger partial charge in [-0.15, -0.1) is 0 Å². The maximum Gasteiger partial charge on any atom is 0.0527 e. The summed E-state index contributed by atoms with van der Waals surface area (Å²) in [5, 5.41) is 4.55. The van der Waals surface area contributed by atoms with Gasteiger partial charge in [0, 0.05) is 6.20 Å². The zero-order valence-corrected chi connectivity index (χ0v) is 11.0. The highest BCUT2D eigenvalue weighted by atomic mass is 15.3. The first-order chi connectivity index (χ1) is 7.47. The fourth-order valence-electron chi connectivity index (χ4n) is 2.43. The minimum absolute atomic E-state index is 0.222. The standard InChI is InChI=1S/C14H24N2/c1-11-5-7-13(8-6-11)16-10-12(9-15-16)14(2,3)4/h9-11,13H,5-8H2,1-4H3. The Bertz CT molecular complexity index is 338. The molecule has 0 spiro atoms. The summed E-state index contributed by atoms with van der Waals surface area (Å²) in [5.41, 5.74) is 1.58. The molecule has 1 aliphatic rings. The van der Waals surface area contributed by atoms with Crippen LogP contribution in [0.25, 0.3) is 0 Å². The van der Waals surface area contributed by atoms with Crippen LogP contribution in [0.15, 0.2) is 12.4 Å². The van der Waals surface area contributed by atoms with Crippen molar-refractivity contribution in [3.8, 4) is 0 Å². The molecule has 0 atom stereocenters. The number of hydrogen-bond donors (Lipinski definition) is 0. The SMILES string of the molecule is CC1CCC(n2cc(C(C)(C)C)cn2)CC1. The van der Waals surface area contributed by atoms with Crippen molar-refractivity contribution in [2.75, 3.05) is 0 Å². The first-order valence-corrected chi connectivity index (χ1v) is 6.51. The molecule has 0 saturated heterocycles. The van der Waals surface area contributed by atoms with Gasteiger partial charge < -0.3 is 0 Å². The summed E-state index contributed by atoms with van der Waals surface area (Å²) in [5.74, 6) is 0.911. The summed E-state index contributed by atoms with van der Waals surface area (Å²) < 4.78 is 2.20. The van der Waals surface area contributed by atoms with Crippen molar-refractivity contribution < 1.29 is 0 Å². The minimum atomic E-state index is 0.222. The highest BCUT2D eigenvalue weighted by molar-refractivity contribution is 5.15. The molecular formula is C14H24N2. The van der Waals surface area contributed by atoms with Crippen LogP contribution in [0.4, 0.5) is 0 Å². The largest absolute Gasteiger partial charge is 0.269 e. The van der Waals surface area contributed by atoms with E-state index in [9.17, 15) is 0 Å². The third-order valence-electron chi connectivity index (χ3n) is 3.83. The summed E-state index contributed by atoms with van der Waals surface area (Å²) in [6, 6.07) is 0.646. The van der Waals surface area contributed by atoms with Crippen molar-refractivity contribution in [1.82, 2.24) is 9.78 Å². The lowest BCUT2D eigenvalue weighted by atomic mass is 9.87. The van der Waals surface area contributed by atoms with Gasteiger partial charge in [0.25, 0.3) is 0 Å². The van der Waals surface area contributed by atoms with E-state index in [2.05, 4.69) is 43.7 Å². The average Bonchev–Trinajstić information content (AvgIpc) is 2.67. The Labute approximate surface area is 99.0 Å². The van der Waals surface area contributed by atoms with Gasteiger partial charge in [0.1, 0.15) is 0 Å². The summed E-state index contributed by atoms with van der Waals surface area (Å²) in [6.45, 7) is 9.10. The molecule has 1 heterocycles. The quantitative estimate of drug-likeness (QED) is 0.701. The van der Waals surface area contributed by atoms with E-state index in [1.807, 2.05) is 6.20 Å². The van der Waals surface area contributed by atoms with Crippen LogP contribution >= 0.6 is 0 Å². The number of hydrogen-bond acceptors (Lipinski definition) is 1. The third kappa shape index (κ3) is 2.47. The molecular weight excluding hydrogens is 196 g/mol. The van der Waals surface area contributed by atoms with Crippen LogP contribution < -0.4 is 0 Å². The summed E-state index contributed by atoms with van der Waals surface area (Å²) in [6.07, 6.45) is 9.60. The Morgan fingerprint density at radius 1 is 1.19 bits per heavy atom. The average molecular weight is 220 g/mol. The Hall–Kier alpha value is -0.790. The van der Waals surface area contributed by atoms with E-state index in [-0.39, 0.29) is 5.41 Å². The van der Waals surface area contributed by atoms with Crippen molar-refractivity contribution >= 4 is 0 Å². The normalized spacial score (nSPS) is 27.0. The minimum Gasteiger partial charge on any atom is -0.269 e. The fourth-order valence-corrected chi connectivity index (χ4v) is 2.43. The van der Waals surface area contributed by atoms with Crippen LogP contribution in [0.3, 0.4) is 0 Å². The molecule has 2 heteroatoms. The molecule has 1 fully saturated rings. The van der Waals surface area contributed by atoms with Gasteiger partial charge in [0.05, 0.1) is 12.2 Å². The molecule has 2 rings (SSSR count). The van der Waals surface area contributed by atoms with Gasteiger partial charge >= 0.3 is 0 Å². The van der Waals surface area contributed by atoms with E-state index < -0.39 is 0 Å². The monoisotopic (exact) mass is 220 g/mol. The van der Waals surface area contributed by atoms with E-state index in [0.717, 1.165) is 5.92 Å². The lowest BCUT2D eigenvalue weighted by molar-refractivity contribution is 0.273. The maximum atomic E-state index is 4.55. The molecule has 90 valence electrons. The lowest BCUT2D eigenvalue weighted by Gasteiger charge is -2.26. The molecule has 16 heavy (non-hydrogen) atoms. The summed E-state index contributed by atoms with van der Waals surface area (Å²) in [7, 11) is 0. The molecule has 1 aromatic rings. The maximum absolute atomic E-state index is 4.55. The van der Waals surface area contributed by atoms with E-state index >= 15 is 0 Å². The van der Waals surface area contributed by atoms with Gasteiger partial charge in [-0.1, -0.05) is 27.7 Å². The second-order valence-corrected chi connectivity index (χ2v) is 6.37. The topological polar surface area (TPSA) is 17.8 Å². The van der Waals surface area contributed by atoms with E-state index in [1.165, 1.54) is 31.2 Å². The van der Waals surface area contributed by atoms with Crippen molar-refractivity contribution in [2.24, 2.45) is 5.92 Å². The second kappa shape index (κ2) is 4.23. The first-order valence-electron chi connectivity index (χ1n) is 6.51. The first kappa shape index (κ1) is 11.7. The molecule has 0 unspecified atom stereocenters. The molecule has 0 bridgehead atoms. The van der Waals surface area contributed by atoms with Crippen LogP contribution in [0.5, 0.6) is 0 Å². The fraction of sp³-hybridized carbons (Fsp3) is 0.786. The molecule has 1 aromatic heterocycles. The summed E-state index contributed by atoms with van der Waals surface area (Å²) in [4.78, 5) is 0. The van der Waals surface area contributed by atoms with Gasteiger partial charge in [-0.2, -0.15) is 5.10 Å². The third-order valence-corrected chi connectivity index (χ3v) is 3.83. The number of aromatic nitrogens is 2. The summed E-state index contributed by atoms with van der Waals surface area (Å²) >= 11 is 0. The van der Waals surface area contributed by atoms with E-state index in [1.54, 1.807) is 0 Å².